The molecule has 2 heterocycles. The second-order valence-corrected chi connectivity index (χ2v) is 6.55. The number of thiazole rings is 1. The summed E-state index contributed by atoms with van der Waals surface area (Å²) in [6.45, 7) is 2.64. The quantitative estimate of drug-likeness (QED) is 0.945. The molecule has 1 N–H and O–H groups in total. The van der Waals surface area contributed by atoms with Crippen LogP contribution in [0.2, 0.25) is 0 Å². The Labute approximate surface area is 132 Å². The Morgan fingerprint density at radius 1 is 1.32 bits per heavy atom. The van der Waals surface area contributed by atoms with Gasteiger partial charge in [-0.05, 0) is 13.3 Å². The number of carbonyl (C=O) groups is 2. The van der Waals surface area contributed by atoms with Crippen LogP contribution in [-0.2, 0) is 4.79 Å². The molecule has 1 saturated heterocycles. The highest BCUT2D eigenvalue weighted by Crippen LogP contribution is 2.30. The van der Waals surface area contributed by atoms with E-state index in [1.165, 1.54) is 11.3 Å². The van der Waals surface area contributed by atoms with E-state index in [0.717, 1.165) is 10.6 Å². The highest BCUT2D eigenvalue weighted by molar-refractivity contribution is 7.14. The second kappa shape index (κ2) is 5.88. The summed E-state index contributed by atoms with van der Waals surface area (Å²) in [5.74, 6) is -1.41. The zero-order chi connectivity index (χ0) is 15.7. The number of benzene rings is 1. The molecule has 0 radical (unpaired) electrons. The zero-order valence-electron chi connectivity index (χ0n) is 12.2. The number of carbonyl (C=O) groups excluding carboxylic acids is 1. The normalized spacial score (nSPS) is 17.7. The van der Waals surface area contributed by atoms with Crippen LogP contribution in [0.25, 0.3) is 11.3 Å². The van der Waals surface area contributed by atoms with Gasteiger partial charge in [0.2, 0.25) is 0 Å². The average molecular weight is 316 g/mol. The second-order valence-electron chi connectivity index (χ2n) is 5.35. The third kappa shape index (κ3) is 2.74. The van der Waals surface area contributed by atoms with Crippen molar-refractivity contribution in [3.05, 3.63) is 40.2 Å². The van der Waals surface area contributed by atoms with Gasteiger partial charge in [-0.25, -0.2) is 4.98 Å². The molecule has 2 aromatic rings. The van der Waals surface area contributed by atoms with Crippen LogP contribution in [0, 0.1) is 12.8 Å². The molecular weight excluding hydrogens is 300 g/mol. The summed E-state index contributed by atoms with van der Waals surface area (Å²) in [7, 11) is 0. The molecule has 0 saturated carbocycles. The number of rotatable bonds is 3. The smallest absolute Gasteiger partial charge is 0.308 e. The predicted octanol–water partition coefficient (Wildman–Crippen LogP) is 2.67. The Kier molecular flexibility index (Phi) is 3.94. The van der Waals surface area contributed by atoms with Crippen LogP contribution in [0.15, 0.2) is 30.3 Å². The van der Waals surface area contributed by atoms with Crippen molar-refractivity contribution < 1.29 is 14.7 Å². The number of nitrogens with zero attached hydrogens (tertiary/aromatic N) is 2. The monoisotopic (exact) mass is 316 g/mol. The number of hydrogen-bond donors (Lipinski definition) is 1. The summed E-state index contributed by atoms with van der Waals surface area (Å²) in [4.78, 5) is 30.5. The lowest BCUT2D eigenvalue weighted by Gasteiger charge is -2.15. The summed E-state index contributed by atoms with van der Waals surface area (Å²) >= 11 is 1.36. The van der Waals surface area contributed by atoms with Crippen LogP contribution in [0.1, 0.15) is 21.1 Å². The molecule has 22 heavy (non-hydrogen) atoms. The molecule has 1 aromatic heterocycles. The van der Waals surface area contributed by atoms with Crippen LogP contribution < -0.4 is 0 Å². The number of carboxylic acid groups (broad SMARTS) is 1. The minimum absolute atomic E-state index is 0.117. The third-order valence-corrected chi connectivity index (χ3v) is 4.76. The van der Waals surface area contributed by atoms with Gasteiger partial charge in [0, 0.05) is 18.7 Å². The van der Waals surface area contributed by atoms with Gasteiger partial charge in [-0.2, -0.15) is 0 Å². The van der Waals surface area contributed by atoms with Gasteiger partial charge in [0.05, 0.1) is 16.6 Å². The van der Waals surface area contributed by atoms with E-state index in [1.54, 1.807) is 4.90 Å². The predicted molar refractivity (Wildman–Crippen MR) is 83.9 cm³/mol. The van der Waals surface area contributed by atoms with E-state index in [-0.39, 0.29) is 12.5 Å². The summed E-state index contributed by atoms with van der Waals surface area (Å²) < 4.78 is 0. The van der Waals surface area contributed by atoms with Crippen molar-refractivity contribution in [3.63, 3.8) is 0 Å². The Morgan fingerprint density at radius 3 is 2.68 bits per heavy atom. The van der Waals surface area contributed by atoms with Gasteiger partial charge in [0.15, 0.2) is 0 Å². The lowest BCUT2D eigenvalue weighted by molar-refractivity contribution is -0.141. The van der Waals surface area contributed by atoms with Crippen molar-refractivity contribution in [2.45, 2.75) is 13.3 Å². The van der Waals surface area contributed by atoms with Crippen LogP contribution in [0.4, 0.5) is 0 Å². The lowest BCUT2D eigenvalue weighted by Crippen LogP contribution is -2.29. The van der Waals surface area contributed by atoms with Gasteiger partial charge < -0.3 is 10.0 Å². The Hall–Kier alpha value is -2.21. The molecule has 0 bridgehead atoms. The van der Waals surface area contributed by atoms with Gasteiger partial charge in [-0.15, -0.1) is 11.3 Å². The molecule has 1 atom stereocenters. The maximum absolute atomic E-state index is 12.7. The summed E-state index contributed by atoms with van der Waals surface area (Å²) in [5, 5.41) is 9.90. The summed E-state index contributed by atoms with van der Waals surface area (Å²) in [6.07, 6.45) is 0.513. The number of amides is 1. The molecule has 0 aliphatic carbocycles. The highest BCUT2D eigenvalue weighted by atomic mass is 32.1. The molecule has 1 aromatic carbocycles. The van der Waals surface area contributed by atoms with Crippen LogP contribution >= 0.6 is 11.3 Å². The lowest BCUT2D eigenvalue weighted by atomic mass is 10.1. The molecular formula is C16H16N2O3S. The fourth-order valence-corrected chi connectivity index (χ4v) is 3.56. The van der Waals surface area contributed by atoms with Crippen molar-refractivity contribution in [1.82, 2.24) is 9.88 Å². The molecule has 3 rings (SSSR count). The van der Waals surface area contributed by atoms with E-state index >= 15 is 0 Å². The van der Waals surface area contributed by atoms with E-state index in [4.69, 9.17) is 5.11 Å². The molecule has 1 fully saturated rings. The first-order valence-electron chi connectivity index (χ1n) is 7.11. The van der Waals surface area contributed by atoms with Crippen molar-refractivity contribution in [2.24, 2.45) is 5.92 Å². The van der Waals surface area contributed by atoms with Crippen molar-refractivity contribution >= 4 is 23.2 Å². The Bertz CT molecular complexity index is 711. The van der Waals surface area contributed by atoms with Gasteiger partial charge in [0.1, 0.15) is 4.88 Å². The minimum atomic E-state index is -0.834. The fourth-order valence-electron chi connectivity index (χ4n) is 2.65. The first-order valence-corrected chi connectivity index (χ1v) is 7.93. The van der Waals surface area contributed by atoms with Gasteiger partial charge in [0.25, 0.3) is 5.91 Å². The molecule has 0 spiro atoms. The molecule has 1 unspecified atom stereocenters. The number of aliphatic carboxylic acids is 1. The zero-order valence-corrected chi connectivity index (χ0v) is 13.0. The largest absolute Gasteiger partial charge is 0.481 e. The summed E-state index contributed by atoms with van der Waals surface area (Å²) in [6, 6.07) is 9.59. The first kappa shape index (κ1) is 14.7. The Balaban J connectivity index is 1.89. The molecule has 1 aliphatic rings. The topological polar surface area (TPSA) is 70.5 Å². The van der Waals surface area contributed by atoms with Crippen LogP contribution in [0.5, 0.6) is 0 Å². The molecule has 1 aliphatic heterocycles. The average Bonchev–Trinajstić information content (AvgIpc) is 3.14. The van der Waals surface area contributed by atoms with Crippen molar-refractivity contribution in [2.75, 3.05) is 13.1 Å². The van der Waals surface area contributed by atoms with Crippen LogP contribution in [0.3, 0.4) is 0 Å². The molecule has 1 amide bonds. The third-order valence-electron chi connectivity index (χ3n) is 3.80. The number of aryl methyl sites for hydroxylation is 1. The van der Waals surface area contributed by atoms with Crippen molar-refractivity contribution in [3.8, 4) is 11.3 Å². The molecule has 114 valence electrons. The molecule has 5 nitrogen and oxygen atoms in total. The van der Waals surface area contributed by atoms with E-state index < -0.39 is 11.9 Å². The maximum Gasteiger partial charge on any atom is 0.308 e. The van der Waals surface area contributed by atoms with E-state index in [9.17, 15) is 9.59 Å². The Morgan fingerprint density at radius 2 is 2.05 bits per heavy atom. The number of hydrogen-bond acceptors (Lipinski definition) is 4. The molecule has 6 heteroatoms. The van der Waals surface area contributed by atoms with E-state index in [2.05, 4.69) is 4.98 Å². The minimum Gasteiger partial charge on any atom is -0.481 e. The van der Waals surface area contributed by atoms with E-state index in [0.29, 0.717) is 23.5 Å². The summed E-state index contributed by atoms with van der Waals surface area (Å²) in [5.41, 5.74) is 1.59. The van der Waals surface area contributed by atoms with Gasteiger partial charge in [-0.1, -0.05) is 30.3 Å². The highest BCUT2D eigenvalue weighted by Gasteiger charge is 2.33. The van der Waals surface area contributed by atoms with Gasteiger partial charge in [-0.3, -0.25) is 9.59 Å². The van der Waals surface area contributed by atoms with Crippen LogP contribution in [-0.4, -0.2) is 40.0 Å². The van der Waals surface area contributed by atoms with E-state index in [1.807, 2.05) is 37.3 Å². The first-order chi connectivity index (χ1) is 10.6. The fraction of sp³-hybridized carbons (Fsp3) is 0.312. The SMILES string of the molecule is Cc1nc(-c2ccccc2)c(C(=O)N2CCC(C(=O)O)C2)s1. The maximum atomic E-state index is 12.7. The number of likely N-dealkylation sites (tertiary alicyclic amines) is 1. The number of aromatic nitrogens is 1. The van der Waals surface area contributed by atoms with Crippen molar-refractivity contribution in [1.29, 1.82) is 0 Å². The standard InChI is InChI=1S/C16H16N2O3S/c1-10-17-13(11-5-3-2-4-6-11)14(22-10)15(19)18-8-7-12(9-18)16(20)21/h2-6,12H,7-9H2,1H3,(H,20,21). The number of carboxylic acids is 1. The van der Waals surface area contributed by atoms with Gasteiger partial charge >= 0.3 is 5.97 Å².